The van der Waals surface area contributed by atoms with Crippen LogP contribution in [-0.2, 0) is 14.3 Å². The summed E-state index contributed by atoms with van der Waals surface area (Å²) in [5.41, 5.74) is 0.458. The Hall–Kier alpha value is -3.95. The van der Waals surface area contributed by atoms with E-state index in [0.717, 1.165) is 6.07 Å². The number of carbonyl (C=O) groups excluding carboxylic acids is 3. The molecule has 0 aliphatic rings. The Morgan fingerprint density at radius 3 is 2.40 bits per heavy atom. The highest BCUT2D eigenvalue weighted by atomic mass is 16.6. The molecule has 0 atom stereocenters. The summed E-state index contributed by atoms with van der Waals surface area (Å²) in [4.78, 5) is 46.1. The van der Waals surface area contributed by atoms with Crippen LogP contribution >= 0.6 is 0 Å². The third-order valence-electron chi connectivity index (χ3n) is 3.71. The van der Waals surface area contributed by atoms with Crippen LogP contribution in [0.1, 0.15) is 24.2 Å². The Kier molecular flexibility index (Phi) is 7.86. The minimum absolute atomic E-state index is 0.0672. The van der Waals surface area contributed by atoms with Gasteiger partial charge in [0.25, 0.3) is 11.6 Å². The van der Waals surface area contributed by atoms with Gasteiger partial charge in [0.15, 0.2) is 6.61 Å². The van der Waals surface area contributed by atoms with E-state index in [1.165, 1.54) is 12.1 Å². The number of nitrogens with one attached hydrogen (secondary N) is 3. The number of nitro benzene ring substituents is 1. The Balaban J connectivity index is 1.97. The number of ether oxygens (including phenoxy) is 1. The first-order chi connectivity index (χ1) is 14.3. The summed E-state index contributed by atoms with van der Waals surface area (Å²) in [6.07, 6.45) is 0. The summed E-state index contributed by atoms with van der Waals surface area (Å²) in [5.74, 6) is -1.94. The van der Waals surface area contributed by atoms with Gasteiger partial charge in [-0.25, -0.2) is 4.79 Å². The zero-order valence-electron chi connectivity index (χ0n) is 16.5. The molecule has 0 bridgehead atoms. The van der Waals surface area contributed by atoms with Gasteiger partial charge in [-0.1, -0.05) is 18.2 Å². The summed E-state index contributed by atoms with van der Waals surface area (Å²) in [6.45, 7) is 2.69. The molecule has 0 aromatic heterocycles. The maximum Gasteiger partial charge on any atom is 0.338 e. The molecule has 0 unspecified atom stereocenters. The van der Waals surface area contributed by atoms with E-state index in [1.807, 2.05) is 6.07 Å². The fourth-order valence-electron chi connectivity index (χ4n) is 2.41. The highest BCUT2D eigenvalue weighted by molar-refractivity contribution is 5.93. The normalized spacial score (nSPS) is 10.2. The Bertz CT molecular complexity index is 930. The van der Waals surface area contributed by atoms with Crippen LogP contribution < -0.4 is 16.0 Å². The molecule has 158 valence electrons. The molecule has 2 rings (SSSR count). The lowest BCUT2D eigenvalue weighted by atomic mass is 10.1. The van der Waals surface area contributed by atoms with Gasteiger partial charge >= 0.3 is 5.97 Å². The van der Waals surface area contributed by atoms with Crippen molar-refractivity contribution in [3.8, 4) is 0 Å². The van der Waals surface area contributed by atoms with Crippen molar-refractivity contribution in [1.29, 1.82) is 0 Å². The molecule has 10 heteroatoms. The SMILES string of the molecule is CC(C)NC(=O)CNC(=O)COC(=O)c1ccc(Nc2ccccc2)c([N+](=O)[O-])c1. The molecular weight excluding hydrogens is 392 g/mol. The maximum absolute atomic E-state index is 12.2. The van der Waals surface area contributed by atoms with E-state index in [0.29, 0.717) is 5.69 Å². The number of rotatable bonds is 9. The monoisotopic (exact) mass is 414 g/mol. The van der Waals surface area contributed by atoms with Gasteiger partial charge in [0.2, 0.25) is 5.91 Å². The van der Waals surface area contributed by atoms with Gasteiger partial charge in [-0.3, -0.25) is 19.7 Å². The summed E-state index contributed by atoms with van der Waals surface area (Å²) < 4.78 is 4.87. The predicted octanol–water partition coefficient (Wildman–Crippen LogP) is 2.14. The quantitative estimate of drug-likeness (QED) is 0.324. The second-order valence-corrected chi connectivity index (χ2v) is 6.56. The Morgan fingerprint density at radius 2 is 1.77 bits per heavy atom. The van der Waals surface area contributed by atoms with Gasteiger partial charge in [0.1, 0.15) is 5.69 Å². The molecule has 30 heavy (non-hydrogen) atoms. The molecule has 2 amide bonds. The van der Waals surface area contributed by atoms with Crippen molar-refractivity contribution in [2.75, 3.05) is 18.5 Å². The lowest BCUT2D eigenvalue weighted by molar-refractivity contribution is -0.383. The molecule has 0 spiro atoms. The number of esters is 1. The number of para-hydroxylation sites is 1. The molecule has 2 aromatic rings. The topological polar surface area (TPSA) is 140 Å². The first-order valence-corrected chi connectivity index (χ1v) is 9.10. The summed E-state index contributed by atoms with van der Waals surface area (Å²) in [7, 11) is 0. The molecule has 0 aliphatic carbocycles. The van der Waals surface area contributed by atoms with Crippen LogP contribution in [0.15, 0.2) is 48.5 Å². The fourth-order valence-corrected chi connectivity index (χ4v) is 2.41. The number of nitro groups is 1. The molecule has 0 saturated carbocycles. The van der Waals surface area contributed by atoms with Crippen LogP contribution in [0.2, 0.25) is 0 Å². The van der Waals surface area contributed by atoms with Crippen LogP contribution in [-0.4, -0.2) is 41.9 Å². The lowest BCUT2D eigenvalue weighted by Gasteiger charge is -2.10. The number of amides is 2. The maximum atomic E-state index is 12.2. The first kappa shape index (κ1) is 22.3. The van der Waals surface area contributed by atoms with Crippen LogP contribution in [0.4, 0.5) is 17.1 Å². The minimum atomic E-state index is -0.897. The summed E-state index contributed by atoms with van der Waals surface area (Å²) in [6, 6.07) is 12.6. The van der Waals surface area contributed by atoms with Crippen molar-refractivity contribution in [3.05, 3.63) is 64.2 Å². The number of hydrogen-bond donors (Lipinski definition) is 3. The van der Waals surface area contributed by atoms with E-state index < -0.39 is 23.4 Å². The Labute approximate surface area is 172 Å². The average Bonchev–Trinajstić information content (AvgIpc) is 2.70. The number of anilines is 2. The van der Waals surface area contributed by atoms with Gasteiger partial charge in [-0.2, -0.15) is 0 Å². The third kappa shape index (κ3) is 6.89. The van der Waals surface area contributed by atoms with Crippen molar-refractivity contribution < 1.29 is 24.0 Å². The van der Waals surface area contributed by atoms with E-state index in [4.69, 9.17) is 4.74 Å². The molecule has 0 fully saturated rings. The molecule has 10 nitrogen and oxygen atoms in total. The van der Waals surface area contributed by atoms with E-state index in [1.54, 1.807) is 38.1 Å². The lowest BCUT2D eigenvalue weighted by Crippen LogP contribution is -2.41. The van der Waals surface area contributed by atoms with Crippen molar-refractivity contribution in [2.24, 2.45) is 0 Å². The van der Waals surface area contributed by atoms with Crippen LogP contribution in [0.5, 0.6) is 0 Å². The fraction of sp³-hybridized carbons (Fsp3) is 0.250. The first-order valence-electron chi connectivity index (χ1n) is 9.10. The molecular formula is C20H22N4O6. The van der Waals surface area contributed by atoms with Crippen molar-refractivity contribution in [1.82, 2.24) is 10.6 Å². The molecule has 0 heterocycles. The van der Waals surface area contributed by atoms with E-state index in [9.17, 15) is 24.5 Å². The van der Waals surface area contributed by atoms with Gasteiger partial charge < -0.3 is 20.7 Å². The zero-order chi connectivity index (χ0) is 22.1. The van der Waals surface area contributed by atoms with Crippen LogP contribution in [0.3, 0.4) is 0 Å². The summed E-state index contributed by atoms with van der Waals surface area (Å²) >= 11 is 0. The van der Waals surface area contributed by atoms with E-state index in [2.05, 4.69) is 16.0 Å². The molecule has 2 aromatic carbocycles. The predicted molar refractivity (Wildman–Crippen MR) is 109 cm³/mol. The smallest absolute Gasteiger partial charge is 0.338 e. The minimum Gasteiger partial charge on any atom is -0.452 e. The third-order valence-corrected chi connectivity index (χ3v) is 3.71. The number of hydrogen-bond acceptors (Lipinski definition) is 7. The zero-order valence-corrected chi connectivity index (χ0v) is 16.5. The molecule has 0 radical (unpaired) electrons. The highest BCUT2D eigenvalue weighted by Gasteiger charge is 2.19. The molecule has 0 saturated heterocycles. The number of benzene rings is 2. The second-order valence-electron chi connectivity index (χ2n) is 6.56. The average molecular weight is 414 g/mol. The number of carbonyl (C=O) groups is 3. The molecule has 0 aliphatic heterocycles. The van der Waals surface area contributed by atoms with Gasteiger partial charge in [0, 0.05) is 17.8 Å². The van der Waals surface area contributed by atoms with E-state index >= 15 is 0 Å². The largest absolute Gasteiger partial charge is 0.452 e. The second kappa shape index (κ2) is 10.6. The Morgan fingerprint density at radius 1 is 1.07 bits per heavy atom. The highest BCUT2D eigenvalue weighted by Crippen LogP contribution is 2.28. The van der Waals surface area contributed by atoms with Crippen molar-refractivity contribution in [3.63, 3.8) is 0 Å². The standard InChI is InChI=1S/C20H22N4O6/c1-13(2)22-18(25)11-21-19(26)12-30-20(27)14-8-9-16(17(10-14)24(28)29)23-15-6-4-3-5-7-15/h3-10,13,23H,11-12H2,1-2H3,(H,21,26)(H,22,25). The summed E-state index contributed by atoms with van der Waals surface area (Å²) in [5, 5.41) is 19.2. The van der Waals surface area contributed by atoms with Crippen molar-refractivity contribution >= 4 is 34.8 Å². The number of nitrogens with zero attached hydrogens (tertiary/aromatic N) is 1. The molecule has 3 N–H and O–H groups in total. The van der Waals surface area contributed by atoms with Crippen LogP contribution in [0, 0.1) is 10.1 Å². The van der Waals surface area contributed by atoms with Gasteiger partial charge in [-0.15, -0.1) is 0 Å². The van der Waals surface area contributed by atoms with Gasteiger partial charge in [-0.05, 0) is 38.1 Å². The van der Waals surface area contributed by atoms with Crippen LogP contribution in [0.25, 0.3) is 0 Å². The van der Waals surface area contributed by atoms with Gasteiger partial charge in [0.05, 0.1) is 17.0 Å². The van der Waals surface area contributed by atoms with Crippen molar-refractivity contribution in [2.45, 2.75) is 19.9 Å². The van der Waals surface area contributed by atoms with E-state index in [-0.39, 0.29) is 35.4 Å².